The van der Waals surface area contributed by atoms with Crippen LogP contribution >= 0.6 is 0 Å². The molecule has 0 saturated heterocycles. The van der Waals surface area contributed by atoms with Crippen LogP contribution in [0.3, 0.4) is 0 Å². The molecule has 1 aliphatic rings. The second-order valence-corrected chi connectivity index (χ2v) is 13.2. The predicted molar refractivity (Wildman–Crippen MR) is 101 cm³/mol. The average molecular weight is 315 g/mol. The van der Waals surface area contributed by atoms with Crippen LogP contribution in [0.1, 0.15) is 31.9 Å². The Hall–Kier alpha value is -1.32. The molecule has 0 fully saturated rings. The van der Waals surface area contributed by atoms with E-state index in [0.717, 1.165) is 11.3 Å². The van der Waals surface area contributed by atoms with Crippen molar-refractivity contribution in [2.24, 2.45) is 11.1 Å². The van der Waals surface area contributed by atoms with Gasteiger partial charge in [-0.2, -0.15) is 0 Å². The zero-order valence-corrected chi connectivity index (χ0v) is 16.0. The van der Waals surface area contributed by atoms with Crippen LogP contribution in [-0.2, 0) is 0 Å². The fourth-order valence-corrected chi connectivity index (χ4v) is 5.89. The molecule has 3 heteroatoms. The Balaban J connectivity index is 2.71. The number of rotatable bonds is 2. The molecule has 0 saturated carbocycles. The van der Waals surface area contributed by atoms with E-state index in [4.69, 9.17) is 11.5 Å². The SMILES string of the molecule is CC1=C([Si](C)(C)C)C(c2ccc(N)c(C)c2)=CC(C)(C)C1N. The first-order valence-corrected chi connectivity index (χ1v) is 11.5. The number of hydrogen-bond donors (Lipinski definition) is 2. The van der Waals surface area contributed by atoms with E-state index in [9.17, 15) is 0 Å². The van der Waals surface area contributed by atoms with E-state index in [1.165, 1.54) is 21.9 Å². The highest BCUT2D eigenvalue weighted by molar-refractivity contribution is 6.85. The summed E-state index contributed by atoms with van der Waals surface area (Å²) in [7, 11) is -1.50. The lowest BCUT2D eigenvalue weighted by Gasteiger charge is -2.40. The molecule has 120 valence electrons. The van der Waals surface area contributed by atoms with Gasteiger partial charge in [0.25, 0.3) is 0 Å². The van der Waals surface area contributed by atoms with Crippen molar-refractivity contribution in [2.45, 2.75) is 53.4 Å². The molecular weight excluding hydrogens is 284 g/mol. The first kappa shape index (κ1) is 17.0. The van der Waals surface area contributed by atoms with Crippen molar-refractivity contribution in [3.8, 4) is 0 Å². The Morgan fingerprint density at radius 1 is 1.09 bits per heavy atom. The Morgan fingerprint density at radius 2 is 1.68 bits per heavy atom. The summed E-state index contributed by atoms with van der Waals surface area (Å²) in [5.41, 5.74) is 18.5. The van der Waals surface area contributed by atoms with Crippen molar-refractivity contribution in [2.75, 3.05) is 5.73 Å². The molecule has 0 bridgehead atoms. The molecule has 0 aromatic heterocycles. The molecular formula is C19H30N2Si. The van der Waals surface area contributed by atoms with E-state index >= 15 is 0 Å². The van der Waals surface area contributed by atoms with Gasteiger partial charge in [-0.1, -0.05) is 56.4 Å². The summed E-state index contributed by atoms with van der Waals surface area (Å²) in [4.78, 5) is 0. The van der Waals surface area contributed by atoms with E-state index in [1.54, 1.807) is 0 Å². The molecule has 22 heavy (non-hydrogen) atoms. The second-order valence-electron chi connectivity index (χ2n) is 8.24. The smallest absolute Gasteiger partial charge is 0.0784 e. The fraction of sp³-hybridized carbons (Fsp3) is 0.474. The second kappa shape index (κ2) is 5.39. The van der Waals surface area contributed by atoms with Crippen LogP contribution in [0.25, 0.3) is 5.57 Å². The standard InChI is InChI=1S/C19H30N2Si/c1-12-10-14(8-9-16(12)20)15-11-19(3,4)18(21)13(2)17(15)22(5,6)7/h8-11,18H,20-21H2,1-7H3. The van der Waals surface area contributed by atoms with Gasteiger partial charge in [0.2, 0.25) is 0 Å². The summed E-state index contributed by atoms with van der Waals surface area (Å²) in [5, 5.41) is 1.50. The monoisotopic (exact) mass is 314 g/mol. The molecule has 4 N–H and O–H groups in total. The van der Waals surface area contributed by atoms with Gasteiger partial charge in [0.15, 0.2) is 0 Å². The molecule has 2 nitrogen and oxygen atoms in total. The van der Waals surface area contributed by atoms with Gasteiger partial charge in [0, 0.05) is 17.1 Å². The van der Waals surface area contributed by atoms with E-state index in [2.05, 4.69) is 65.5 Å². The van der Waals surface area contributed by atoms with Crippen LogP contribution in [0.15, 0.2) is 35.0 Å². The molecule has 0 amide bonds. The number of anilines is 1. The number of nitrogen functional groups attached to an aromatic ring is 1. The summed E-state index contributed by atoms with van der Waals surface area (Å²) >= 11 is 0. The van der Waals surface area contributed by atoms with Crippen molar-refractivity contribution in [1.29, 1.82) is 0 Å². The maximum absolute atomic E-state index is 6.54. The lowest BCUT2D eigenvalue weighted by Crippen LogP contribution is -2.43. The largest absolute Gasteiger partial charge is 0.399 e. The highest BCUT2D eigenvalue weighted by Gasteiger charge is 2.37. The molecule has 1 aromatic rings. The van der Waals surface area contributed by atoms with Gasteiger partial charge in [-0.15, -0.1) is 0 Å². The molecule has 1 unspecified atom stereocenters. The molecule has 0 spiro atoms. The van der Waals surface area contributed by atoms with Gasteiger partial charge < -0.3 is 11.5 Å². The molecule has 0 radical (unpaired) electrons. The zero-order valence-electron chi connectivity index (χ0n) is 15.0. The summed E-state index contributed by atoms with van der Waals surface area (Å²) in [6.45, 7) is 15.9. The molecule has 0 aliphatic heterocycles. The predicted octanol–water partition coefficient (Wildman–Crippen LogP) is 4.52. The van der Waals surface area contributed by atoms with Crippen molar-refractivity contribution in [1.82, 2.24) is 0 Å². The number of allylic oxidation sites excluding steroid dienone is 2. The minimum atomic E-state index is -1.50. The van der Waals surface area contributed by atoms with E-state index in [-0.39, 0.29) is 11.5 Å². The van der Waals surface area contributed by atoms with Crippen LogP contribution in [-0.4, -0.2) is 14.1 Å². The van der Waals surface area contributed by atoms with Crippen LogP contribution in [0.5, 0.6) is 0 Å². The van der Waals surface area contributed by atoms with Gasteiger partial charge in [0.1, 0.15) is 0 Å². The van der Waals surface area contributed by atoms with Gasteiger partial charge in [-0.25, -0.2) is 0 Å². The Bertz CT molecular complexity index is 661. The van der Waals surface area contributed by atoms with Crippen molar-refractivity contribution in [3.05, 3.63) is 46.2 Å². The summed E-state index contributed by atoms with van der Waals surface area (Å²) < 4.78 is 0. The number of hydrogen-bond acceptors (Lipinski definition) is 2. The van der Waals surface area contributed by atoms with Gasteiger partial charge in [-0.3, -0.25) is 0 Å². The third-order valence-corrected chi connectivity index (χ3v) is 6.94. The molecule has 1 aliphatic carbocycles. The van der Waals surface area contributed by atoms with Crippen LogP contribution in [0, 0.1) is 12.3 Å². The van der Waals surface area contributed by atoms with Crippen LogP contribution in [0.2, 0.25) is 19.6 Å². The highest BCUT2D eigenvalue weighted by Crippen LogP contribution is 2.44. The summed E-state index contributed by atoms with van der Waals surface area (Å²) in [6, 6.07) is 6.47. The van der Waals surface area contributed by atoms with Crippen molar-refractivity contribution >= 4 is 19.3 Å². The molecule has 2 rings (SSSR count). The van der Waals surface area contributed by atoms with Crippen LogP contribution in [0.4, 0.5) is 5.69 Å². The summed E-state index contributed by atoms with van der Waals surface area (Å²) in [5.74, 6) is 0. The Labute approximate surface area is 136 Å². The quantitative estimate of drug-likeness (QED) is 0.623. The van der Waals surface area contributed by atoms with Gasteiger partial charge in [0.05, 0.1) is 8.07 Å². The topological polar surface area (TPSA) is 52.0 Å². The highest BCUT2D eigenvalue weighted by atomic mass is 28.3. The molecule has 1 aromatic carbocycles. The maximum atomic E-state index is 6.54. The summed E-state index contributed by atoms with van der Waals surface area (Å²) in [6.07, 6.45) is 2.38. The normalized spacial score (nSPS) is 21.8. The third-order valence-electron chi connectivity index (χ3n) is 4.78. The first-order valence-electron chi connectivity index (χ1n) is 8.01. The van der Waals surface area contributed by atoms with Gasteiger partial charge in [-0.05, 0) is 42.7 Å². The van der Waals surface area contributed by atoms with E-state index in [1.807, 2.05) is 6.07 Å². The van der Waals surface area contributed by atoms with Crippen LogP contribution < -0.4 is 11.5 Å². The van der Waals surface area contributed by atoms with Gasteiger partial charge >= 0.3 is 0 Å². The minimum absolute atomic E-state index is 0.0299. The molecule has 0 heterocycles. The van der Waals surface area contributed by atoms with E-state index < -0.39 is 8.07 Å². The maximum Gasteiger partial charge on any atom is 0.0784 e. The fourth-order valence-electron chi connectivity index (χ4n) is 3.53. The number of benzene rings is 1. The Morgan fingerprint density at radius 3 is 2.18 bits per heavy atom. The Kier molecular flexibility index (Phi) is 4.18. The lowest BCUT2D eigenvalue weighted by atomic mass is 9.74. The zero-order chi connectivity index (χ0) is 16.9. The first-order chi connectivity index (χ1) is 9.95. The average Bonchev–Trinajstić information content (AvgIpc) is 2.37. The van der Waals surface area contributed by atoms with E-state index in [0.29, 0.717) is 0 Å². The minimum Gasteiger partial charge on any atom is -0.399 e. The van der Waals surface area contributed by atoms with Crippen molar-refractivity contribution < 1.29 is 0 Å². The van der Waals surface area contributed by atoms with Crippen molar-refractivity contribution in [3.63, 3.8) is 0 Å². The number of nitrogens with two attached hydrogens (primary N) is 2. The lowest BCUT2D eigenvalue weighted by molar-refractivity contribution is 0.406. The molecule has 1 atom stereocenters. The third kappa shape index (κ3) is 2.92. The number of aryl methyl sites for hydroxylation is 1.